The number of rotatable bonds is 3. The van der Waals surface area contributed by atoms with E-state index in [9.17, 15) is 9.18 Å². The van der Waals surface area contributed by atoms with Gasteiger partial charge in [-0.25, -0.2) is 19.2 Å². The van der Waals surface area contributed by atoms with E-state index in [1.54, 1.807) is 12.3 Å². The monoisotopic (exact) mass is 337 g/mol. The summed E-state index contributed by atoms with van der Waals surface area (Å²) in [7, 11) is 0. The Morgan fingerprint density at radius 2 is 2.26 bits per heavy atom. The molecule has 2 N–H and O–H groups in total. The number of carboxylic acid groups (broad SMARTS) is 1. The molecule has 1 atom stereocenters. The van der Waals surface area contributed by atoms with Crippen LogP contribution >= 0.6 is 11.6 Å². The molecule has 0 spiro atoms. The highest BCUT2D eigenvalue weighted by Gasteiger charge is 2.24. The predicted molar refractivity (Wildman–Crippen MR) is 83.1 cm³/mol. The van der Waals surface area contributed by atoms with Gasteiger partial charge < -0.3 is 15.3 Å². The van der Waals surface area contributed by atoms with Crippen LogP contribution in [-0.2, 0) is 0 Å². The second-order valence-electron chi connectivity index (χ2n) is 5.14. The van der Waals surface area contributed by atoms with E-state index in [1.807, 2.05) is 0 Å². The molecular weight excluding hydrogens is 325 g/mol. The van der Waals surface area contributed by atoms with Crippen molar-refractivity contribution in [1.29, 1.82) is 0 Å². The number of amides is 1. The largest absolute Gasteiger partial charge is 0.465 e. The molecule has 0 fully saturated rings. The van der Waals surface area contributed by atoms with Crippen molar-refractivity contribution < 1.29 is 14.3 Å². The van der Waals surface area contributed by atoms with Crippen LogP contribution in [0.3, 0.4) is 0 Å². The van der Waals surface area contributed by atoms with Gasteiger partial charge in [0.2, 0.25) is 0 Å². The van der Waals surface area contributed by atoms with E-state index in [1.165, 1.54) is 12.3 Å². The van der Waals surface area contributed by atoms with Gasteiger partial charge in [-0.1, -0.05) is 11.6 Å². The van der Waals surface area contributed by atoms with Gasteiger partial charge in [0, 0.05) is 37.5 Å². The van der Waals surface area contributed by atoms with Crippen LogP contribution in [0.15, 0.2) is 30.4 Å². The third-order valence-corrected chi connectivity index (χ3v) is 3.63. The van der Waals surface area contributed by atoms with E-state index < -0.39 is 11.9 Å². The molecule has 0 saturated carbocycles. The Morgan fingerprint density at radius 1 is 1.48 bits per heavy atom. The fourth-order valence-corrected chi connectivity index (χ4v) is 2.64. The number of carbonyl (C=O) groups is 1. The van der Waals surface area contributed by atoms with Crippen LogP contribution < -0.4 is 5.32 Å². The molecule has 1 unspecified atom stereocenters. The van der Waals surface area contributed by atoms with Crippen LogP contribution in [0.4, 0.5) is 15.0 Å². The molecular formula is C14H13ClFN5O2. The molecule has 0 radical (unpaired) electrons. The normalized spacial score (nSPS) is 17.9. The highest BCUT2D eigenvalue weighted by Crippen LogP contribution is 2.22. The van der Waals surface area contributed by atoms with E-state index in [-0.39, 0.29) is 24.2 Å². The smallest absolute Gasteiger partial charge is 0.407 e. The van der Waals surface area contributed by atoms with Crippen LogP contribution in [0, 0.1) is 5.92 Å². The number of pyridine rings is 1. The van der Waals surface area contributed by atoms with Crippen molar-refractivity contribution >= 4 is 34.5 Å². The minimum absolute atomic E-state index is 0.208. The number of fused-ring (bicyclic) bond motifs is 1. The third kappa shape index (κ3) is 3.48. The molecule has 0 aliphatic carbocycles. The quantitative estimate of drug-likeness (QED) is 0.836. The second kappa shape index (κ2) is 6.33. The van der Waals surface area contributed by atoms with Crippen molar-refractivity contribution in [2.24, 2.45) is 5.92 Å². The van der Waals surface area contributed by atoms with Gasteiger partial charge in [-0.15, -0.1) is 0 Å². The number of anilines is 1. The van der Waals surface area contributed by atoms with Gasteiger partial charge in [0.05, 0.1) is 12.1 Å². The van der Waals surface area contributed by atoms with E-state index in [2.05, 4.69) is 20.3 Å². The van der Waals surface area contributed by atoms with E-state index >= 15 is 0 Å². The molecule has 120 valence electrons. The number of hydrogen-bond donors (Lipinski definition) is 2. The summed E-state index contributed by atoms with van der Waals surface area (Å²) in [6.07, 6.45) is 3.36. The standard InChI is InChI=1S/C14H13ClFN5O2/c15-11-4-10-12(18-2-1-17-10)13(20-11)19-5-8-3-9(16)7-21(6-8)14(22)23/h1-4,8H,5-7H2,(H,19,20)(H,22,23). The van der Waals surface area contributed by atoms with Crippen LogP contribution in [0.25, 0.3) is 11.0 Å². The Labute approximate surface area is 135 Å². The van der Waals surface area contributed by atoms with Gasteiger partial charge in [0.25, 0.3) is 0 Å². The zero-order valence-electron chi connectivity index (χ0n) is 11.9. The van der Waals surface area contributed by atoms with Gasteiger partial charge in [-0.2, -0.15) is 0 Å². The molecule has 1 amide bonds. The first-order valence-electron chi connectivity index (χ1n) is 6.88. The topological polar surface area (TPSA) is 91.2 Å². The second-order valence-corrected chi connectivity index (χ2v) is 5.52. The first kappa shape index (κ1) is 15.4. The minimum atomic E-state index is -1.14. The molecule has 3 heterocycles. The minimum Gasteiger partial charge on any atom is -0.465 e. The summed E-state index contributed by atoms with van der Waals surface area (Å²) in [5, 5.41) is 12.3. The van der Waals surface area contributed by atoms with Crippen LogP contribution in [0.1, 0.15) is 0 Å². The Kier molecular flexibility index (Phi) is 4.24. The van der Waals surface area contributed by atoms with Crippen LogP contribution in [0.2, 0.25) is 5.15 Å². The Balaban J connectivity index is 1.78. The van der Waals surface area contributed by atoms with E-state index in [4.69, 9.17) is 16.7 Å². The molecule has 23 heavy (non-hydrogen) atoms. The lowest BCUT2D eigenvalue weighted by Crippen LogP contribution is -2.40. The summed E-state index contributed by atoms with van der Waals surface area (Å²) < 4.78 is 13.6. The van der Waals surface area contributed by atoms with Crippen molar-refractivity contribution in [2.75, 3.05) is 25.0 Å². The lowest BCUT2D eigenvalue weighted by molar-refractivity contribution is 0.138. The van der Waals surface area contributed by atoms with E-state index in [0.717, 1.165) is 4.90 Å². The zero-order chi connectivity index (χ0) is 16.4. The van der Waals surface area contributed by atoms with Crippen molar-refractivity contribution in [2.45, 2.75) is 0 Å². The number of hydrogen-bond acceptors (Lipinski definition) is 5. The summed E-state index contributed by atoms with van der Waals surface area (Å²) >= 11 is 5.96. The van der Waals surface area contributed by atoms with E-state index in [0.29, 0.717) is 23.4 Å². The summed E-state index contributed by atoms with van der Waals surface area (Å²) in [4.78, 5) is 24.6. The maximum atomic E-state index is 13.6. The van der Waals surface area contributed by atoms with Crippen molar-refractivity contribution in [1.82, 2.24) is 19.9 Å². The maximum absolute atomic E-state index is 13.6. The fraction of sp³-hybridized carbons (Fsp3) is 0.286. The summed E-state index contributed by atoms with van der Waals surface area (Å²) in [5.74, 6) is -0.344. The first-order valence-corrected chi connectivity index (χ1v) is 7.26. The summed E-state index contributed by atoms with van der Waals surface area (Å²) in [5.41, 5.74) is 1.14. The number of aromatic nitrogens is 3. The Hall–Kier alpha value is -2.48. The molecule has 7 nitrogen and oxygen atoms in total. The fourth-order valence-electron chi connectivity index (χ4n) is 2.45. The van der Waals surface area contributed by atoms with Gasteiger partial charge in [0.15, 0.2) is 5.82 Å². The molecule has 0 bridgehead atoms. The third-order valence-electron chi connectivity index (χ3n) is 3.44. The average Bonchev–Trinajstić information content (AvgIpc) is 2.52. The average molecular weight is 338 g/mol. The highest BCUT2D eigenvalue weighted by molar-refractivity contribution is 6.30. The molecule has 2 aromatic heterocycles. The highest BCUT2D eigenvalue weighted by atomic mass is 35.5. The van der Waals surface area contributed by atoms with Crippen LogP contribution in [-0.4, -0.2) is 50.7 Å². The molecule has 1 aliphatic heterocycles. The lowest BCUT2D eigenvalue weighted by atomic mass is 10.0. The molecule has 3 rings (SSSR count). The molecule has 0 aromatic carbocycles. The Bertz CT molecular complexity index is 785. The molecule has 0 saturated heterocycles. The molecule has 2 aromatic rings. The first-order chi connectivity index (χ1) is 11.0. The summed E-state index contributed by atoms with van der Waals surface area (Å²) in [6.45, 7) is 0.297. The maximum Gasteiger partial charge on any atom is 0.407 e. The zero-order valence-corrected chi connectivity index (χ0v) is 12.7. The van der Waals surface area contributed by atoms with Gasteiger partial charge in [0.1, 0.15) is 16.5 Å². The Morgan fingerprint density at radius 3 is 3.04 bits per heavy atom. The molecule has 1 aliphatic rings. The van der Waals surface area contributed by atoms with Gasteiger partial charge in [-0.05, 0) is 6.08 Å². The number of halogens is 2. The predicted octanol–water partition coefficient (Wildman–Crippen LogP) is 2.55. The van der Waals surface area contributed by atoms with Crippen molar-refractivity contribution in [3.05, 3.63) is 35.5 Å². The van der Waals surface area contributed by atoms with Gasteiger partial charge >= 0.3 is 6.09 Å². The molecule has 9 heteroatoms. The SMILES string of the molecule is O=C(O)N1CC(F)=CC(CNc2nc(Cl)cc3nccnc23)C1. The number of nitrogens with zero attached hydrogens (tertiary/aromatic N) is 4. The van der Waals surface area contributed by atoms with Gasteiger partial charge in [-0.3, -0.25) is 4.98 Å². The van der Waals surface area contributed by atoms with Crippen molar-refractivity contribution in [3.8, 4) is 0 Å². The number of nitrogens with one attached hydrogen (secondary N) is 1. The van der Waals surface area contributed by atoms with Crippen LogP contribution in [0.5, 0.6) is 0 Å². The van der Waals surface area contributed by atoms with Crippen molar-refractivity contribution in [3.63, 3.8) is 0 Å². The lowest BCUT2D eigenvalue weighted by Gasteiger charge is -2.27. The summed E-state index contributed by atoms with van der Waals surface area (Å²) in [6, 6.07) is 1.60.